The highest BCUT2D eigenvalue weighted by Gasteiger charge is 2.38. The maximum absolute atomic E-state index is 12.6. The van der Waals surface area contributed by atoms with Crippen LogP contribution < -0.4 is 5.32 Å². The van der Waals surface area contributed by atoms with Gasteiger partial charge < -0.3 is 24.3 Å². The Morgan fingerprint density at radius 1 is 0.732 bits per heavy atom. The molecule has 1 saturated heterocycles. The molecule has 8 rings (SSSR count). The Labute approximate surface area is 330 Å². The van der Waals surface area contributed by atoms with Crippen molar-refractivity contribution in [1.82, 2.24) is 15.3 Å². The zero-order valence-corrected chi connectivity index (χ0v) is 31.6. The molecule has 56 heavy (non-hydrogen) atoms. The predicted molar refractivity (Wildman–Crippen MR) is 218 cm³/mol. The van der Waals surface area contributed by atoms with E-state index in [-0.39, 0.29) is 30.6 Å². The summed E-state index contributed by atoms with van der Waals surface area (Å²) in [5.41, 5.74) is 9.13. The molecule has 0 bridgehead atoms. The van der Waals surface area contributed by atoms with Gasteiger partial charge in [0.2, 0.25) is 0 Å². The van der Waals surface area contributed by atoms with Gasteiger partial charge in [-0.3, -0.25) is 9.78 Å². The summed E-state index contributed by atoms with van der Waals surface area (Å²) in [6.45, 7) is 2.53. The van der Waals surface area contributed by atoms with Gasteiger partial charge in [-0.15, -0.1) is 0 Å². The van der Waals surface area contributed by atoms with Crippen molar-refractivity contribution in [2.45, 2.75) is 43.8 Å². The van der Waals surface area contributed by atoms with Crippen LogP contribution in [-0.4, -0.2) is 32.8 Å². The van der Waals surface area contributed by atoms with Crippen molar-refractivity contribution in [3.8, 4) is 33.7 Å². The molecule has 2 N–H and O–H groups in total. The first-order valence-corrected chi connectivity index (χ1v) is 19.6. The number of oxazole rings is 1. The Hall–Kier alpha value is -5.84. The first-order chi connectivity index (χ1) is 27.5. The number of nitrogens with zero attached hydrogens (tertiary/aromatic N) is 2. The molecule has 2 aromatic heterocycles. The fourth-order valence-electron chi connectivity index (χ4n) is 6.88. The van der Waals surface area contributed by atoms with Gasteiger partial charge in [0.05, 0.1) is 24.4 Å². The number of aliphatic hydroxyl groups is 1. The number of ether oxygens (including phenoxy) is 2. The second kappa shape index (κ2) is 17.3. The quantitative estimate of drug-likeness (QED) is 0.119. The average Bonchev–Trinajstić information content (AvgIpc) is 3.71. The van der Waals surface area contributed by atoms with E-state index in [1.807, 2.05) is 97.1 Å². The Morgan fingerprint density at radius 3 is 2.16 bits per heavy atom. The van der Waals surface area contributed by atoms with Crippen molar-refractivity contribution in [1.29, 1.82) is 0 Å². The van der Waals surface area contributed by atoms with Crippen LogP contribution >= 0.6 is 11.8 Å². The lowest BCUT2D eigenvalue weighted by atomic mass is 9.91. The maximum Gasteiger partial charge on any atom is 0.256 e. The van der Waals surface area contributed by atoms with E-state index in [1.54, 1.807) is 36.3 Å². The highest BCUT2D eigenvalue weighted by molar-refractivity contribution is 7.99. The van der Waals surface area contributed by atoms with Crippen LogP contribution in [0.3, 0.4) is 0 Å². The van der Waals surface area contributed by atoms with Crippen molar-refractivity contribution in [3.63, 3.8) is 0 Å². The molecule has 0 aliphatic carbocycles. The van der Waals surface area contributed by atoms with Crippen LogP contribution in [-0.2, 0) is 22.6 Å². The Morgan fingerprint density at radius 2 is 1.45 bits per heavy atom. The fourth-order valence-corrected chi connectivity index (χ4v) is 7.86. The molecule has 0 unspecified atom stereocenters. The predicted octanol–water partition coefficient (Wildman–Crippen LogP) is 10.1. The summed E-state index contributed by atoms with van der Waals surface area (Å²) < 4.78 is 20.0. The Kier molecular flexibility index (Phi) is 11.5. The second-order valence-electron chi connectivity index (χ2n) is 13.8. The van der Waals surface area contributed by atoms with Crippen LogP contribution in [0.25, 0.3) is 33.7 Å². The summed E-state index contributed by atoms with van der Waals surface area (Å²) in [6, 6.07) is 48.0. The minimum absolute atomic E-state index is 0.00321. The molecule has 9 heteroatoms. The first-order valence-electron chi connectivity index (χ1n) is 18.6. The number of hydrogen-bond donors (Lipinski definition) is 2. The zero-order chi connectivity index (χ0) is 38.3. The third kappa shape index (κ3) is 8.51. The summed E-state index contributed by atoms with van der Waals surface area (Å²) >= 11 is 1.54. The molecule has 280 valence electrons. The molecule has 8 nitrogen and oxygen atoms in total. The molecule has 1 aliphatic heterocycles. The molecule has 0 saturated carbocycles. The molecular weight excluding hydrogens is 719 g/mol. The number of carbonyl (C=O) groups is 1. The fraction of sp³-hybridized carbons (Fsp3) is 0.170. The lowest BCUT2D eigenvalue weighted by Crippen LogP contribution is -2.38. The van der Waals surface area contributed by atoms with Gasteiger partial charge >= 0.3 is 0 Å². The van der Waals surface area contributed by atoms with Crippen LogP contribution in [0.15, 0.2) is 168 Å². The summed E-state index contributed by atoms with van der Waals surface area (Å²) in [6.07, 6.45) is 2.13. The van der Waals surface area contributed by atoms with Crippen molar-refractivity contribution in [3.05, 3.63) is 186 Å². The van der Waals surface area contributed by atoms with E-state index in [9.17, 15) is 9.90 Å². The van der Waals surface area contributed by atoms with Gasteiger partial charge in [-0.25, -0.2) is 4.98 Å². The van der Waals surface area contributed by atoms with Gasteiger partial charge in [0.1, 0.15) is 5.69 Å². The standard InChI is InChI=1S/C47H41N3O5S/c1-31-41(30-56-47-50-42(35-11-4-2-5-12-35)44(55-47)36-13-6-3-7-14-36)53-46(54-43(31)37-19-17-32(29-51)18-20-37)38-23-21-34(22-24-38)39-15-8-10-33(26-39)27-49-45(52)40-16-9-25-48-28-40/h2-26,28,31,41,43,46,51H,27,29-30H2,1H3,(H,49,52)/t31-,41+,43+,46+/m1/s1. The number of benzene rings is 5. The lowest BCUT2D eigenvalue weighted by Gasteiger charge is -2.41. The van der Waals surface area contributed by atoms with Gasteiger partial charge in [-0.2, -0.15) is 0 Å². The van der Waals surface area contributed by atoms with E-state index in [2.05, 4.69) is 53.6 Å². The molecule has 4 atom stereocenters. The van der Waals surface area contributed by atoms with Gasteiger partial charge in [-0.05, 0) is 46.0 Å². The van der Waals surface area contributed by atoms with Crippen LogP contribution in [0.1, 0.15) is 51.9 Å². The van der Waals surface area contributed by atoms with Gasteiger partial charge in [0, 0.05) is 47.3 Å². The highest BCUT2D eigenvalue weighted by atomic mass is 32.2. The normalized spacial score (nSPS) is 18.0. The highest BCUT2D eigenvalue weighted by Crippen LogP contribution is 2.44. The third-order valence-corrected chi connectivity index (χ3v) is 10.9. The first kappa shape index (κ1) is 37.1. The SMILES string of the molecule is C[C@@H]1[C@H](CSc2nc(-c3ccccc3)c(-c3ccccc3)o2)O[C@H](c2ccc(-c3cccc(CNC(=O)c4cccnc4)c3)cc2)O[C@@H]1c1ccc(CO)cc1. The van der Waals surface area contributed by atoms with Crippen molar-refractivity contribution >= 4 is 17.7 Å². The van der Waals surface area contributed by atoms with E-state index < -0.39 is 6.29 Å². The summed E-state index contributed by atoms with van der Waals surface area (Å²) in [5.74, 6) is 1.16. The number of carbonyl (C=O) groups excluding carboxylic acids is 1. The van der Waals surface area contributed by atoms with Crippen molar-refractivity contribution in [2.75, 3.05) is 5.75 Å². The van der Waals surface area contributed by atoms with E-state index in [4.69, 9.17) is 18.9 Å². The second-order valence-corrected chi connectivity index (χ2v) is 14.7. The number of hydrogen-bond acceptors (Lipinski definition) is 8. The molecule has 1 aliphatic rings. The molecular formula is C47H41N3O5S. The molecule has 0 spiro atoms. The Balaban J connectivity index is 1.02. The third-order valence-electron chi connectivity index (χ3n) is 10.0. The summed E-state index contributed by atoms with van der Waals surface area (Å²) in [5, 5.41) is 13.3. The molecule has 0 radical (unpaired) electrons. The van der Waals surface area contributed by atoms with Gasteiger partial charge in [0.15, 0.2) is 12.1 Å². The topological polar surface area (TPSA) is 107 Å². The van der Waals surface area contributed by atoms with Crippen LogP contribution in [0.2, 0.25) is 0 Å². The maximum atomic E-state index is 12.6. The summed E-state index contributed by atoms with van der Waals surface area (Å²) in [4.78, 5) is 21.6. The minimum atomic E-state index is -0.619. The molecule has 1 fully saturated rings. The monoisotopic (exact) mass is 759 g/mol. The van der Waals surface area contributed by atoms with Crippen LogP contribution in [0.4, 0.5) is 0 Å². The largest absolute Gasteiger partial charge is 0.431 e. The zero-order valence-electron chi connectivity index (χ0n) is 30.8. The van der Waals surface area contributed by atoms with Gasteiger partial charge in [-0.1, -0.05) is 146 Å². The number of aliphatic hydroxyl groups excluding tert-OH is 1. The van der Waals surface area contributed by atoms with E-state index in [1.165, 1.54) is 0 Å². The van der Waals surface area contributed by atoms with Crippen LogP contribution in [0, 0.1) is 5.92 Å². The summed E-state index contributed by atoms with van der Waals surface area (Å²) in [7, 11) is 0. The number of rotatable bonds is 12. The van der Waals surface area contributed by atoms with Gasteiger partial charge in [0.25, 0.3) is 11.1 Å². The Bertz CT molecular complexity index is 2300. The molecule has 5 aromatic carbocycles. The lowest BCUT2D eigenvalue weighted by molar-refractivity contribution is -0.268. The number of amides is 1. The number of pyridine rings is 1. The van der Waals surface area contributed by atoms with Crippen molar-refractivity contribution in [2.24, 2.45) is 5.92 Å². The molecule has 7 aromatic rings. The smallest absolute Gasteiger partial charge is 0.256 e. The molecule has 3 heterocycles. The molecule has 1 amide bonds. The van der Waals surface area contributed by atoms with E-state index >= 15 is 0 Å². The number of aromatic nitrogens is 2. The minimum Gasteiger partial charge on any atom is -0.431 e. The van der Waals surface area contributed by atoms with Crippen LogP contribution in [0.5, 0.6) is 0 Å². The number of thioether (sulfide) groups is 1. The van der Waals surface area contributed by atoms with E-state index in [0.29, 0.717) is 23.1 Å². The number of nitrogens with one attached hydrogen (secondary N) is 1. The van der Waals surface area contributed by atoms with E-state index in [0.717, 1.165) is 56.0 Å². The van der Waals surface area contributed by atoms with Crippen molar-refractivity contribution < 1.29 is 23.8 Å². The average molecular weight is 760 g/mol.